The quantitative estimate of drug-likeness (QED) is 0.615. The number of amides is 1. The van der Waals surface area contributed by atoms with Gasteiger partial charge in [-0.3, -0.25) is 4.79 Å². The highest BCUT2D eigenvalue weighted by atomic mass is 32.2. The summed E-state index contributed by atoms with van der Waals surface area (Å²) in [6, 6.07) is 8.69. The van der Waals surface area contributed by atoms with Gasteiger partial charge in [-0.1, -0.05) is 13.0 Å². The van der Waals surface area contributed by atoms with Gasteiger partial charge in [0, 0.05) is 5.54 Å². The van der Waals surface area contributed by atoms with Crippen LogP contribution in [0.25, 0.3) is 0 Å². The number of carbonyl (C=O) groups excluding carboxylic acids is 2. The molecule has 0 saturated heterocycles. The average molecular weight is 408 g/mol. The van der Waals surface area contributed by atoms with Crippen molar-refractivity contribution in [2.75, 3.05) is 6.61 Å². The fraction of sp³-hybridized carbons (Fsp3) is 0.368. The van der Waals surface area contributed by atoms with Crippen molar-refractivity contribution in [1.82, 2.24) is 10.0 Å². The maximum absolute atomic E-state index is 12.4. The van der Waals surface area contributed by atoms with E-state index in [1.807, 2.05) is 20.8 Å². The van der Waals surface area contributed by atoms with Crippen molar-refractivity contribution in [3.05, 3.63) is 54.0 Å². The molecule has 1 aromatic heterocycles. The van der Waals surface area contributed by atoms with E-state index >= 15 is 0 Å². The summed E-state index contributed by atoms with van der Waals surface area (Å²) in [5, 5.41) is 2.75. The van der Waals surface area contributed by atoms with Crippen molar-refractivity contribution in [2.45, 2.75) is 44.2 Å². The highest BCUT2D eigenvalue weighted by Gasteiger charge is 2.20. The number of benzene rings is 1. The molecule has 0 fully saturated rings. The molecule has 0 radical (unpaired) electrons. The number of hydrogen-bond donors (Lipinski definition) is 2. The molecule has 9 heteroatoms. The van der Waals surface area contributed by atoms with E-state index in [1.165, 1.54) is 30.5 Å². The summed E-state index contributed by atoms with van der Waals surface area (Å²) < 4.78 is 37.2. The Labute approximate surface area is 164 Å². The number of esters is 1. The van der Waals surface area contributed by atoms with Gasteiger partial charge in [-0.15, -0.1) is 0 Å². The minimum atomic E-state index is -3.85. The molecule has 0 bridgehead atoms. The maximum Gasteiger partial charge on any atom is 0.338 e. The van der Waals surface area contributed by atoms with Crippen molar-refractivity contribution in [3.8, 4) is 0 Å². The Kier molecular flexibility index (Phi) is 6.98. The molecular formula is C19H24N2O6S. The van der Waals surface area contributed by atoms with Crippen LogP contribution in [0.3, 0.4) is 0 Å². The summed E-state index contributed by atoms with van der Waals surface area (Å²) in [6.45, 7) is 5.18. The third-order valence-electron chi connectivity index (χ3n) is 4.09. The molecule has 1 heterocycles. The highest BCUT2D eigenvalue weighted by Crippen LogP contribution is 2.14. The van der Waals surface area contributed by atoms with Crippen LogP contribution in [0, 0.1) is 0 Å². The smallest absolute Gasteiger partial charge is 0.338 e. The minimum Gasteiger partial charge on any atom is -0.468 e. The number of carbonyl (C=O) groups is 2. The van der Waals surface area contributed by atoms with E-state index in [2.05, 4.69) is 10.0 Å². The van der Waals surface area contributed by atoms with Gasteiger partial charge in [-0.05, 0) is 50.6 Å². The molecule has 0 atom stereocenters. The molecule has 0 unspecified atom stereocenters. The molecule has 1 amide bonds. The number of ether oxygens (including phenoxy) is 1. The zero-order valence-corrected chi connectivity index (χ0v) is 16.8. The first-order chi connectivity index (χ1) is 13.1. The Bertz CT molecular complexity index is 920. The Hall–Kier alpha value is -2.65. The van der Waals surface area contributed by atoms with E-state index in [4.69, 9.17) is 9.15 Å². The summed E-state index contributed by atoms with van der Waals surface area (Å²) >= 11 is 0. The number of furan rings is 1. The van der Waals surface area contributed by atoms with Crippen molar-refractivity contribution >= 4 is 21.9 Å². The van der Waals surface area contributed by atoms with Gasteiger partial charge >= 0.3 is 5.97 Å². The van der Waals surface area contributed by atoms with Gasteiger partial charge in [0.2, 0.25) is 10.0 Å². The van der Waals surface area contributed by atoms with E-state index in [0.29, 0.717) is 5.76 Å². The van der Waals surface area contributed by atoms with Crippen LogP contribution in [0.5, 0.6) is 0 Å². The molecule has 28 heavy (non-hydrogen) atoms. The predicted molar refractivity (Wildman–Crippen MR) is 102 cm³/mol. The second-order valence-corrected chi connectivity index (χ2v) is 8.56. The van der Waals surface area contributed by atoms with E-state index in [0.717, 1.165) is 6.42 Å². The van der Waals surface area contributed by atoms with E-state index in [1.54, 1.807) is 12.1 Å². The minimum absolute atomic E-state index is 0.0165. The average Bonchev–Trinajstić information content (AvgIpc) is 3.18. The lowest BCUT2D eigenvalue weighted by Crippen LogP contribution is -2.44. The van der Waals surface area contributed by atoms with Gasteiger partial charge in [-0.25, -0.2) is 17.9 Å². The highest BCUT2D eigenvalue weighted by molar-refractivity contribution is 7.89. The van der Waals surface area contributed by atoms with Crippen molar-refractivity contribution in [1.29, 1.82) is 0 Å². The fourth-order valence-corrected chi connectivity index (χ4v) is 3.21. The second-order valence-electron chi connectivity index (χ2n) is 6.79. The van der Waals surface area contributed by atoms with Crippen LogP contribution in [-0.4, -0.2) is 32.4 Å². The molecular weight excluding hydrogens is 384 g/mol. The van der Waals surface area contributed by atoms with Crippen LogP contribution in [0.1, 0.15) is 43.3 Å². The summed E-state index contributed by atoms with van der Waals surface area (Å²) in [5.41, 5.74) is -0.375. The van der Waals surface area contributed by atoms with Crippen molar-refractivity contribution in [2.24, 2.45) is 0 Å². The SMILES string of the molecule is CCC(C)(C)NC(=O)COC(=O)c1cccc(S(=O)(=O)NCc2ccco2)c1. The lowest BCUT2D eigenvalue weighted by atomic mass is 10.0. The summed E-state index contributed by atoms with van der Waals surface area (Å²) in [7, 11) is -3.85. The lowest BCUT2D eigenvalue weighted by molar-refractivity contribution is -0.125. The van der Waals surface area contributed by atoms with E-state index in [-0.39, 0.29) is 17.0 Å². The largest absolute Gasteiger partial charge is 0.468 e. The molecule has 1 aromatic carbocycles. The lowest BCUT2D eigenvalue weighted by Gasteiger charge is -2.24. The summed E-state index contributed by atoms with van der Waals surface area (Å²) in [4.78, 5) is 24.0. The Morgan fingerprint density at radius 2 is 1.93 bits per heavy atom. The molecule has 2 aromatic rings. The van der Waals surface area contributed by atoms with Crippen molar-refractivity contribution < 1.29 is 27.2 Å². The van der Waals surface area contributed by atoms with Gasteiger partial charge in [-0.2, -0.15) is 0 Å². The van der Waals surface area contributed by atoms with Gasteiger partial charge in [0.25, 0.3) is 5.91 Å². The number of nitrogens with one attached hydrogen (secondary N) is 2. The predicted octanol–water partition coefficient (Wildman–Crippen LogP) is 2.22. The number of rotatable bonds is 9. The number of hydrogen-bond acceptors (Lipinski definition) is 6. The van der Waals surface area contributed by atoms with Crippen LogP contribution in [0.2, 0.25) is 0 Å². The maximum atomic E-state index is 12.4. The first-order valence-electron chi connectivity index (χ1n) is 8.73. The third-order valence-corrected chi connectivity index (χ3v) is 5.49. The van der Waals surface area contributed by atoms with Crippen LogP contribution in [0.15, 0.2) is 52.0 Å². The van der Waals surface area contributed by atoms with Crippen LogP contribution in [-0.2, 0) is 26.1 Å². The Morgan fingerprint density at radius 3 is 2.57 bits per heavy atom. The normalized spacial score (nSPS) is 11.8. The Morgan fingerprint density at radius 1 is 1.18 bits per heavy atom. The monoisotopic (exact) mass is 408 g/mol. The molecule has 152 valence electrons. The molecule has 0 aliphatic heterocycles. The second kappa shape index (κ2) is 9.03. The third kappa shape index (κ3) is 6.21. The number of sulfonamides is 1. The first kappa shape index (κ1) is 21.6. The van der Waals surface area contributed by atoms with Gasteiger partial charge in [0.1, 0.15) is 5.76 Å². The van der Waals surface area contributed by atoms with Crippen LogP contribution < -0.4 is 10.0 Å². The topological polar surface area (TPSA) is 115 Å². The summed E-state index contributed by atoms with van der Waals surface area (Å²) in [5.74, 6) is -0.753. The molecule has 0 saturated carbocycles. The zero-order chi connectivity index (χ0) is 20.8. The molecule has 0 aliphatic rings. The van der Waals surface area contributed by atoms with E-state index < -0.39 is 34.0 Å². The van der Waals surface area contributed by atoms with Gasteiger partial charge in [0.05, 0.1) is 23.3 Å². The Balaban J connectivity index is 1.99. The van der Waals surface area contributed by atoms with Crippen molar-refractivity contribution in [3.63, 3.8) is 0 Å². The van der Waals surface area contributed by atoms with Crippen LogP contribution in [0.4, 0.5) is 0 Å². The van der Waals surface area contributed by atoms with Crippen LogP contribution >= 0.6 is 0 Å². The van der Waals surface area contributed by atoms with Gasteiger partial charge in [0.15, 0.2) is 6.61 Å². The summed E-state index contributed by atoms with van der Waals surface area (Å²) in [6.07, 6.45) is 2.16. The van der Waals surface area contributed by atoms with E-state index in [9.17, 15) is 18.0 Å². The van der Waals surface area contributed by atoms with Gasteiger partial charge < -0.3 is 14.5 Å². The molecule has 2 N–H and O–H groups in total. The standard InChI is InChI=1S/C19H24N2O6S/c1-4-19(2,3)21-17(22)13-27-18(23)14-7-5-9-16(11-14)28(24,25)20-12-15-8-6-10-26-15/h5-11,20H,4,12-13H2,1-3H3,(H,21,22). The first-order valence-corrected chi connectivity index (χ1v) is 10.2. The zero-order valence-electron chi connectivity index (χ0n) is 16.0. The molecule has 0 spiro atoms. The molecule has 2 rings (SSSR count). The molecule has 8 nitrogen and oxygen atoms in total. The molecule has 0 aliphatic carbocycles. The fourth-order valence-electron chi connectivity index (χ4n) is 2.17.